The molecule has 1 aromatic rings. The second kappa shape index (κ2) is 6.45. The zero-order valence-corrected chi connectivity index (χ0v) is 12.9. The molecule has 0 bridgehead atoms. The lowest BCUT2D eigenvalue weighted by Gasteiger charge is -2.17. The molecule has 1 heterocycles. The van der Waals surface area contributed by atoms with Crippen LogP contribution in [0.4, 0.5) is 10.7 Å². The largest absolute Gasteiger partial charge is 0.310 e. The van der Waals surface area contributed by atoms with Crippen LogP contribution in [-0.2, 0) is 10.0 Å². The third-order valence-electron chi connectivity index (χ3n) is 2.28. The highest BCUT2D eigenvalue weighted by Crippen LogP contribution is 2.36. The van der Waals surface area contributed by atoms with Crippen molar-refractivity contribution in [3.8, 4) is 0 Å². The van der Waals surface area contributed by atoms with E-state index in [1.807, 2.05) is 19.0 Å². The van der Waals surface area contributed by atoms with Gasteiger partial charge in [0.05, 0.1) is 4.92 Å². The van der Waals surface area contributed by atoms with Gasteiger partial charge >= 0.3 is 5.69 Å². The van der Waals surface area contributed by atoms with Crippen molar-refractivity contribution in [3.05, 3.63) is 16.2 Å². The molecule has 1 aromatic heterocycles. The number of nitrogens with zero attached hydrogens (tertiary/aromatic N) is 2. The summed E-state index contributed by atoms with van der Waals surface area (Å²) < 4.78 is 26.5. The normalized spacial score (nSPS) is 13.4. The first-order chi connectivity index (χ1) is 9.17. The Bertz CT molecular complexity index is 583. The highest BCUT2D eigenvalue weighted by Gasteiger charge is 2.27. The molecule has 0 aliphatic heterocycles. The Morgan fingerprint density at radius 3 is 2.55 bits per heavy atom. The van der Waals surface area contributed by atoms with Crippen LogP contribution in [0.25, 0.3) is 0 Å². The van der Waals surface area contributed by atoms with Crippen LogP contribution < -0.4 is 16.0 Å². The Kier molecular flexibility index (Phi) is 5.42. The minimum atomic E-state index is -3.81. The fourth-order valence-electron chi connectivity index (χ4n) is 1.64. The van der Waals surface area contributed by atoms with E-state index >= 15 is 0 Å². The van der Waals surface area contributed by atoms with Crippen LogP contribution in [0.2, 0.25) is 0 Å². The Morgan fingerprint density at radius 2 is 2.15 bits per heavy atom. The lowest BCUT2D eigenvalue weighted by atomic mass is 10.3. The van der Waals surface area contributed by atoms with Crippen LogP contribution in [0.5, 0.6) is 0 Å². The Labute approximate surface area is 120 Å². The second-order valence-electron chi connectivity index (χ2n) is 4.47. The van der Waals surface area contributed by atoms with Gasteiger partial charge in [-0.3, -0.25) is 10.1 Å². The number of nitrogen functional groups attached to an aromatic ring is 1. The van der Waals surface area contributed by atoms with E-state index in [-0.39, 0.29) is 20.9 Å². The highest BCUT2D eigenvalue weighted by molar-refractivity contribution is 7.91. The predicted molar refractivity (Wildman–Crippen MR) is 77.1 cm³/mol. The highest BCUT2D eigenvalue weighted by atomic mass is 32.2. The van der Waals surface area contributed by atoms with Gasteiger partial charge in [-0.2, -0.15) is 0 Å². The molecule has 0 radical (unpaired) electrons. The van der Waals surface area contributed by atoms with E-state index in [0.29, 0.717) is 17.9 Å². The average Bonchev–Trinajstić information content (AvgIpc) is 2.71. The first-order valence-corrected chi connectivity index (χ1v) is 7.89. The third-order valence-corrected chi connectivity index (χ3v) is 5.40. The fraction of sp³-hybridized carbons (Fsp3) is 0.556. The van der Waals surface area contributed by atoms with Crippen molar-refractivity contribution >= 4 is 32.0 Å². The standard InChI is InChI=1S/C9H17N5O4S2/c1-6(5-13(2)3)12-20(17,18)8-4-7(14(15)16)9(11-10)19-8/h4,6,11-12H,5,10H2,1-3H3. The molecule has 4 N–H and O–H groups in total. The number of hydrogen-bond donors (Lipinski definition) is 3. The topological polar surface area (TPSA) is 131 Å². The number of nitrogens with one attached hydrogen (secondary N) is 2. The summed E-state index contributed by atoms with van der Waals surface area (Å²) in [5.41, 5.74) is 1.77. The van der Waals surface area contributed by atoms with Gasteiger partial charge in [0.1, 0.15) is 4.21 Å². The molecular formula is C9H17N5O4S2. The molecule has 9 nitrogen and oxygen atoms in total. The molecule has 0 amide bonds. The number of likely N-dealkylation sites (N-methyl/N-ethyl adjacent to an activating group) is 1. The number of thiophene rings is 1. The minimum absolute atomic E-state index is 0.00404. The molecular weight excluding hydrogens is 306 g/mol. The Morgan fingerprint density at radius 1 is 1.55 bits per heavy atom. The lowest BCUT2D eigenvalue weighted by molar-refractivity contribution is -0.383. The van der Waals surface area contributed by atoms with E-state index in [9.17, 15) is 18.5 Å². The molecule has 0 spiro atoms. The van der Waals surface area contributed by atoms with E-state index in [1.54, 1.807) is 6.92 Å². The summed E-state index contributed by atoms with van der Waals surface area (Å²) in [4.78, 5) is 11.9. The molecule has 20 heavy (non-hydrogen) atoms. The van der Waals surface area contributed by atoms with Gasteiger partial charge in [-0.25, -0.2) is 19.0 Å². The monoisotopic (exact) mass is 323 g/mol. The summed E-state index contributed by atoms with van der Waals surface area (Å²) in [5.74, 6) is 5.15. The van der Waals surface area contributed by atoms with Crippen LogP contribution >= 0.6 is 11.3 Å². The van der Waals surface area contributed by atoms with E-state index in [2.05, 4.69) is 10.1 Å². The van der Waals surface area contributed by atoms with Gasteiger partial charge < -0.3 is 10.3 Å². The quantitative estimate of drug-likeness (QED) is 0.370. The number of rotatable bonds is 7. The molecule has 114 valence electrons. The maximum Gasteiger partial charge on any atom is 0.306 e. The molecule has 11 heteroatoms. The van der Waals surface area contributed by atoms with Crippen molar-refractivity contribution < 1.29 is 13.3 Å². The van der Waals surface area contributed by atoms with Crippen molar-refractivity contribution in [1.82, 2.24) is 9.62 Å². The van der Waals surface area contributed by atoms with Gasteiger partial charge in [0.25, 0.3) is 10.0 Å². The van der Waals surface area contributed by atoms with Crippen molar-refractivity contribution in [1.29, 1.82) is 0 Å². The van der Waals surface area contributed by atoms with Gasteiger partial charge in [0, 0.05) is 18.7 Å². The van der Waals surface area contributed by atoms with E-state index in [0.717, 1.165) is 6.07 Å². The van der Waals surface area contributed by atoms with Gasteiger partial charge in [-0.05, 0) is 21.0 Å². The van der Waals surface area contributed by atoms with Gasteiger partial charge in [-0.1, -0.05) is 11.3 Å². The summed E-state index contributed by atoms with van der Waals surface area (Å²) in [6.45, 7) is 2.22. The molecule has 0 aromatic carbocycles. The number of nitro groups is 1. The van der Waals surface area contributed by atoms with Crippen LogP contribution in [-0.4, -0.2) is 44.9 Å². The molecule has 0 fully saturated rings. The molecule has 1 atom stereocenters. The molecule has 1 unspecified atom stereocenters. The summed E-state index contributed by atoms with van der Waals surface area (Å²) in [6, 6.07) is 0.662. The summed E-state index contributed by atoms with van der Waals surface area (Å²) >= 11 is 0.714. The predicted octanol–water partition coefficient (Wildman–Crippen LogP) is 0.170. The molecule has 1 rings (SSSR count). The van der Waals surface area contributed by atoms with Crippen LogP contribution in [0.3, 0.4) is 0 Å². The minimum Gasteiger partial charge on any atom is -0.310 e. The number of nitrogens with two attached hydrogens (primary N) is 1. The van der Waals surface area contributed by atoms with E-state index in [1.165, 1.54) is 0 Å². The maximum atomic E-state index is 12.1. The maximum absolute atomic E-state index is 12.1. The number of sulfonamides is 1. The Hall–Kier alpha value is -1.27. The van der Waals surface area contributed by atoms with Crippen molar-refractivity contribution in [2.24, 2.45) is 5.84 Å². The van der Waals surface area contributed by atoms with Crippen molar-refractivity contribution in [2.45, 2.75) is 17.2 Å². The van der Waals surface area contributed by atoms with Gasteiger partial charge in [0.15, 0.2) is 5.00 Å². The second-order valence-corrected chi connectivity index (χ2v) is 7.46. The van der Waals surface area contributed by atoms with Crippen molar-refractivity contribution in [2.75, 3.05) is 26.1 Å². The lowest BCUT2D eigenvalue weighted by Crippen LogP contribution is -2.39. The molecule has 0 saturated carbocycles. The first-order valence-electron chi connectivity index (χ1n) is 5.59. The smallest absolute Gasteiger partial charge is 0.306 e. The van der Waals surface area contributed by atoms with Crippen molar-refractivity contribution in [3.63, 3.8) is 0 Å². The summed E-state index contributed by atoms with van der Waals surface area (Å²) in [5, 5.41) is 10.8. The van der Waals surface area contributed by atoms with E-state index in [4.69, 9.17) is 5.84 Å². The Balaban J connectivity index is 3.01. The molecule has 0 aliphatic carbocycles. The SMILES string of the molecule is CC(CN(C)C)NS(=O)(=O)c1cc([N+](=O)[O-])c(NN)s1. The average molecular weight is 323 g/mol. The van der Waals surface area contributed by atoms with Crippen LogP contribution in [0.1, 0.15) is 6.92 Å². The van der Waals surface area contributed by atoms with E-state index < -0.39 is 14.9 Å². The van der Waals surface area contributed by atoms with Gasteiger partial charge in [0.2, 0.25) is 0 Å². The summed E-state index contributed by atoms with van der Waals surface area (Å²) in [7, 11) is -0.175. The fourth-order valence-corrected chi connectivity index (χ4v) is 4.13. The molecule has 0 saturated heterocycles. The number of hydrazine groups is 1. The van der Waals surface area contributed by atoms with Crippen LogP contribution in [0, 0.1) is 10.1 Å². The third kappa shape index (κ3) is 4.11. The zero-order valence-electron chi connectivity index (χ0n) is 11.3. The number of hydrogen-bond acceptors (Lipinski definition) is 8. The molecule has 0 aliphatic rings. The first kappa shape index (κ1) is 16.8. The number of anilines is 1. The zero-order chi connectivity index (χ0) is 15.5. The van der Waals surface area contributed by atoms with Gasteiger partial charge in [-0.15, -0.1) is 0 Å². The van der Waals surface area contributed by atoms with Crippen LogP contribution in [0.15, 0.2) is 10.3 Å². The summed E-state index contributed by atoms with van der Waals surface area (Å²) in [6.07, 6.45) is 0.